The SMILES string of the molecule is O=C(COC(=O)C=Cc1ccc(S(=O)(=O)N2CCOCC2)cc1)NC(=O)NC1CCCC1. The van der Waals surface area contributed by atoms with Crippen LogP contribution in [0.15, 0.2) is 35.2 Å². The summed E-state index contributed by atoms with van der Waals surface area (Å²) >= 11 is 0. The first-order valence-corrected chi connectivity index (χ1v) is 11.9. The van der Waals surface area contributed by atoms with Gasteiger partial charge in [-0.3, -0.25) is 10.1 Å². The van der Waals surface area contributed by atoms with Crippen molar-refractivity contribution < 1.29 is 32.3 Å². The van der Waals surface area contributed by atoms with Gasteiger partial charge in [0.15, 0.2) is 6.61 Å². The molecular weight excluding hydrogens is 438 g/mol. The average molecular weight is 466 g/mol. The lowest BCUT2D eigenvalue weighted by atomic mass is 10.2. The minimum atomic E-state index is -3.59. The van der Waals surface area contributed by atoms with Gasteiger partial charge < -0.3 is 14.8 Å². The first-order valence-electron chi connectivity index (χ1n) is 10.5. The molecule has 0 aromatic heterocycles. The maximum absolute atomic E-state index is 12.6. The summed E-state index contributed by atoms with van der Waals surface area (Å²) in [6.45, 7) is 0.770. The summed E-state index contributed by atoms with van der Waals surface area (Å²) in [4.78, 5) is 35.4. The Morgan fingerprint density at radius 3 is 2.41 bits per heavy atom. The van der Waals surface area contributed by atoms with Gasteiger partial charge in [0.05, 0.1) is 18.1 Å². The van der Waals surface area contributed by atoms with E-state index in [-0.39, 0.29) is 10.9 Å². The minimum Gasteiger partial charge on any atom is -0.452 e. The van der Waals surface area contributed by atoms with Gasteiger partial charge in [-0.2, -0.15) is 4.31 Å². The van der Waals surface area contributed by atoms with Crippen molar-refractivity contribution in [2.45, 2.75) is 36.6 Å². The van der Waals surface area contributed by atoms with Crippen molar-refractivity contribution in [2.75, 3.05) is 32.9 Å². The molecule has 10 nitrogen and oxygen atoms in total. The molecule has 1 saturated carbocycles. The third kappa shape index (κ3) is 6.87. The number of hydrogen-bond donors (Lipinski definition) is 2. The Bertz CT molecular complexity index is 948. The molecule has 1 aromatic carbocycles. The fourth-order valence-electron chi connectivity index (χ4n) is 3.49. The predicted molar refractivity (Wildman–Crippen MR) is 115 cm³/mol. The number of esters is 1. The van der Waals surface area contributed by atoms with Gasteiger partial charge in [0.25, 0.3) is 5.91 Å². The van der Waals surface area contributed by atoms with Gasteiger partial charge in [-0.05, 0) is 36.6 Å². The molecule has 0 radical (unpaired) electrons. The van der Waals surface area contributed by atoms with Crippen LogP contribution in [0.2, 0.25) is 0 Å². The number of nitrogens with zero attached hydrogens (tertiary/aromatic N) is 1. The normalized spacial score (nSPS) is 17.9. The van der Waals surface area contributed by atoms with E-state index < -0.39 is 34.5 Å². The number of imide groups is 1. The maximum atomic E-state index is 12.6. The van der Waals surface area contributed by atoms with E-state index in [2.05, 4.69) is 10.6 Å². The highest BCUT2D eigenvalue weighted by molar-refractivity contribution is 7.89. The van der Waals surface area contributed by atoms with Gasteiger partial charge >= 0.3 is 12.0 Å². The lowest BCUT2D eigenvalue weighted by Gasteiger charge is -2.26. The van der Waals surface area contributed by atoms with E-state index in [9.17, 15) is 22.8 Å². The quantitative estimate of drug-likeness (QED) is 0.454. The Kier molecular flexibility index (Phi) is 8.37. The summed E-state index contributed by atoms with van der Waals surface area (Å²) in [5.74, 6) is -1.48. The number of urea groups is 1. The third-order valence-corrected chi connectivity index (χ3v) is 7.10. The third-order valence-electron chi connectivity index (χ3n) is 5.19. The number of rotatable bonds is 7. The molecule has 32 heavy (non-hydrogen) atoms. The molecule has 11 heteroatoms. The van der Waals surface area contributed by atoms with E-state index in [0.717, 1.165) is 31.8 Å². The number of amides is 3. The van der Waals surface area contributed by atoms with Gasteiger partial charge in [0.1, 0.15) is 0 Å². The summed E-state index contributed by atoms with van der Waals surface area (Å²) in [5.41, 5.74) is 0.586. The zero-order valence-corrected chi connectivity index (χ0v) is 18.4. The van der Waals surface area contributed by atoms with Gasteiger partial charge in [-0.25, -0.2) is 18.0 Å². The summed E-state index contributed by atoms with van der Waals surface area (Å²) < 4.78 is 36.6. The van der Waals surface area contributed by atoms with Crippen molar-refractivity contribution in [3.8, 4) is 0 Å². The molecule has 1 aliphatic heterocycles. The second-order valence-electron chi connectivity index (χ2n) is 7.53. The van der Waals surface area contributed by atoms with Crippen LogP contribution in [-0.2, 0) is 29.1 Å². The zero-order valence-electron chi connectivity index (χ0n) is 17.6. The van der Waals surface area contributed by atoms with Crippen LogP contribution in [0.1, 0.15) is 31.2 Å². The highest BCUT2D eigenvalue weighted by Crippen LogP contribution is 2.18. The molecular formula is C21H27N3O7S. The number of carbonyl (C=O) groups excluding carboxylic acids is 3. The van der Waals surface area contributed by atoms with Crippen LogP contribution < -0.4 is 10.6 Å². The molecule has 3 rings (SSSR count). The van der Waals surface area contributed by atoms with Gasteiger partial charge in [0.2, 0.25) is 10.0 Å². The fraction of sp³-hybridized carbons (Fsp3) is 0.476. The lowest BCUT2D eigenvalue weighted by molar-refractivity contribution is -0.143. The molecule has 2 fully saturated rings. The van der Waals surface area contributed by atoms with Crippen molar-refractivity contribution in [1.29, 1.82) is 0 Å². The summed E-state index contributed by atoms with van der Waals surface area (Å²) in [5, 5.41) is 4.83. The van der Waals surface area contributed by atoms with E-state index in [1.54, 1.807) is 12.1 Å². The van der Waals surface area contributed by atoms with E-state index in [1.165, 1.54) is 22.5 Å². The number of benzene rings is 1. The minimum absolute atomic E-state index is 0.0727. The second kappa shape index (κ2) is 11.2. The molecule has 0 bridgehead atoms. The fourth-order valence-corrected chi connectivity index (χ4v) is 4.90. The largest absolute Gasteiger partial charge is 0.452 e. The Balaban J connectivity index is 1.43. The molecule has 174 valence electrons. The van der Waals surface area contributed by atoms with Crippen molar-refractivity contribution in [3.63, 3.8) is 0 Å². The van der Waals surface area contributed by atoms with Gasteiger partial charge in [0, 0.05) is 25.2 Å². The zero-order chi connectivity index (χ0) is 23.0. The highest BCUT2D eigenvalue weighted by atomic mass is 32.2. The van der Waals surface area contributed by atoms with Crippen molar-refractivity contribution in [1.82, 2.24) is 14.9 Å². The van der Waals surface area contributed by atoms with Crippen LogP contribution in [0.25, 0.3) is 6.08 Å². The monoisotopic (exact) mass is 465 g/mol. The molecule has 1 aliphatic carbocycles. The Morgan fingerprint density at radius 1 is 1.09 bits per heavy atom. The number of nitrogens with one attached hydrogen (secondary N) is 2. The number of ether oxygens (including phenoxy) is 2. The highest BCUT2D eigenvalue weighted by Gasteiger charge is 2.26. The van der Waals surface area contributed by atoms with Crippen molar-refractivity contribution >= 4 is 34.0 Å². The average Bonchev–Trinajstić information content (AvgIpc) is 3.30. The van der Waals surface area contributed by atoms with E-state index in [1.807, 2.05) is 0 Å². The van der Waals surface area contributed by atoms with Crippen molar-refractivity contribution in [2.24, 2.45) is 0 Å². The topological polar surface area (TPSA) is 131 Å². The molecule has 2 aliphatic rings. The van der Waals surface area contributed by atoms with Gasteiger partial charge in [-0.1, -0.05) is 25.0 Å². The summed E-state index contributed by atoms with van der Waals surface area (Å²) in [6.07, 6.45) is 6.45. The van der Waals surface area contributed by atoms with Crippen molar-refractivity contribution in [3.05, 3.63) is 35.9 Å². The lowest BCUT2D eigenvalue weighted by Crippen LogP contribution is -2.44. The first kappa shape index (κ1) is 23.9. The van der Waals surface area contributed by atoms with Crippen LogP contribution in [0.3, 0.4) is 0 Å². The molecule has 1 saturated heterocycles. The van der Waals surface area contributed by atoms with Crippen LogP contribution >= 0.6 is 0 Å². The number of hydrogen-bond acceptors (Lipinski definition) is 7. The Morgan fingerprint density at radius 2 is 1.75 bits per heavy atom. The molecule has 0 spiro atoms. The first-order chi connectivity index (χ1) is 15.3. The maximum Gasteiger partial charge on any atom is 0.331 e. The number of sulfonamides is 1. The molecule has 0 unspecified atom stereocenters. The van der Waals surface area contributed by atoms with E-state index in [4.69, 9.17) is 9.47 Å². The van der Waals surface area contributed by atoms with Crippen LogP contribution in [-0.4, -0.2) is 69.6 Å². The van der Waals surface area contributed by atoms with Crippen LogP contribution in [0.4, 0.5) is 4.79 Å². The smallest absolute Gasteiger partial charge is 0.331 e. The summed E-state index contributed by atoms with van der Waals surface area (Å²) in [7, 11) is -3.59. The molecule has 1 heterocycles. The molecule has 2 N–H and O–H groups in total. The second-order valence-corrected chi connectivity index (χ2v) is 9.47. The molecule has 1 aromatic rings. The van der Waals surface area contributed by atoms with Crippen LogP contribution in [0.5, 0.6) is 0 Å². The van der Waals surface area contributed by atoms with Crippen LogP contribution in [0, 0.1) is 0 Å². The Labute approximate surface area is 187 Å². The molecule has 0 atom stereocenters. The summed E-state index contributed by atoms with van der Waals surface area (Å²) in [6, 6.07) is 5.54. The van der Waals surface area contributed by atoms with E-state index in [0.29, 0.717) is 31.9 Å². The Hall–Kier alpha value is -2.76. The number of morpholine rings is 1. The molecule has 3 amide bonds. The van der Waals surface area contributed by atoms with Gasteiger partial charge in [-0.15, -0.1) is 0 Å². The van der Waals surface area contributed by atoms with E-state index >= 15 is 0 Å². The standard InChI is InChI=1S/C21H27N3O7S/c25-19(23-21(27)22-17-3-1-2-4-17)15-31-20(26)10-7-16-5-8-18(9-6-16)32(28,29)24-11-13-30-14-12-24/h5-10,17H,1-4,11-15H2,(H2,22,23,25,27). The predicted octanol–water partition coefficient (Wildman–Crippen LogP) is 1.03. The number of carbonyl (C=O) groups is 3.